The van der Waals surface area contributed by atoms with Crippen molar-refractivity contribution in [1.82, 2.24) is 9.97 Å². The third-order valence-corrected chi connectivity index (χ3v) is 5.57. The van der Waals surface area contributed by atoms with Gasteiger partial charge in [0, 0.05) is 12.1 Å². The molecular formula is C14H10Cl2N4O4S. The molecule has 0 bridgehead atoms. The van der Waals surface area contributed by atoms with Crippen molar-refractivity contribution in [2.24, 2.45) is 0 Å². The lowest BCUT2D eigenvalue weighted by Gasteiger charge is -2.10. The summed E-state index contributed by atoms with van der Waals surface area (Å²) in [5.74, 6) is 1.81. The van der Waals surface area contributed by atoms with Gasteiger partial charge in [-0.25, -0.2) is 9.97 Å². The number of aromatic nitrogens is 2. The number of rotatable bonds is 4. The molecule has 8 nitrogen and oxygen atoms in total. The predicted molar refractivity (Wildman–Crippen MR) is 92.1 cm³/mol. The molecule has 2 aliphatic rings. The predicted octanol–water partition coefficient (Wildman–Crippen LogP) is 3.29. The third-order valence-electron chi connectivity index (χ3n) is 3.76. The van der Waals surface area contributed by atoms with E-state index in [1.807, 2.05) is 18.2 Å². The summed E-state index contributed by atoms with van der Waals surface area (Å²) in [6.45, 7) is 0.631. The van der Waals surface area contributed by atoms with Crippen molar-refractivity contribution >= 4 is 40.8 Å². The van der Waals surface area contributed by atoms with Crippen molar-refractivity contribution in [2.45, 2.75) is 22.3 Å². The van der Waals surface area contributed by atoms with Crippen LogP contribution in [0, 0.1) is 10.1 Å². The van der Waals surface area contributed by atoms with Gasteiger partial charge in [-0.1, -0.05) is 6.07 Å². The Labute approximate surface area is 156 Å². The molecular weight excluding hydrogens is 391 g/mol. The van der Waals surface area contributed by atoms with E-state index >= 15 is 0 Å². The highest BCUT2D eigenvalue weighted by molar-refractivity contribution is 8.01. The zero-order chi connectivity index (χ0) is 17.6. The molecule has 0 fully saturated rings. The van der Waals surface area contributed by atoms with Gasteiger partial charge in [-0.2, -0.15) is 0 Å². The van der Waals surface area contributed by atoms with E-state index in [9.17, 15) is 10.1 Å². The van der Waals surface area contributed by atoms with E-state index in [-0.39, 0.29) is 18.5 Å². The van der Waals surface area contributed by atoms with Crippen LogP contribution in [0.5, 0.6) is 11.5 Å². The maximum absolute atomic E-state index is 11.2. The number of nitrogens with one attached hydrogen (secondary N) is 1. The molecule has 11 heteroatoms. The lowest BCUT2D eigenvalue weighted by atomic mass is 10.2. The van der Waals surface area contributed by atoms with Crippen LogP contribution in [-0.2, 0) is 13.0 Å². The number of halogens is 2. The second kappa shape index (κ2) is 6.08. The lowest BCUT2D eigenvalue weighted by molar-refractivity contribution is -0.511. The highest BCUT2D eigenvalue weighted by Crippen LogP contribution is 2.49. The molecule has 25 heavy (non-hydrogen) atoms. The molecule has 1 aromatic carbocycles. The van der Waals surface area contributed by atoms with E-state index in [1.165, 1.54) is 0 Å². The highest BCUT2D eigenvalue weighted by atomic mass is 35.5. The average molecular weight is 401 g/mol. The fourth-order valence-corrected chi connectivity index (χ4v) is 4.15. The number of nitro groups is 1. The summed E-state index contributed by atoms with van der Waals surface area (Å²) in [6.07, 6.45) is 0.00218. The number of alkyl halides is 1. The van der Waals surface area contributed by atoms with Gasteiger partial charge in [0.25, 0.3) is 0 Å². The van der Waals surface area contributed by atoms with Crippen molar-refractivity contribution < 1.29 is 14.4 Å². The van der Waals surface area contributed by atoms with Gasteiger partial charge in [0.15, 0.2) is 11.5 Å². The van der Waals surface area contributed by atoms with Crippen LogP contribution in [0.4, 0.5) is 5.82 Å². The molecule has 130 valence electrons. The van der Waals surface area contributed by atoms with Crippen molar-refractivity contribution in [3.8, 4) is 11.5 Å². The Hall–Kier alpha value is -1.97. The van der Waals surface area contributed by atoms with Gasteiger partial charge < -0.3 is 14.8 Å². The summed E-state index contributed by atoms with van der Waals surface area (Å²) >= 11 is 12.9. The number of thioether (sulfide) groups is 1. The number of fused-ring (bicyclic) bond motifs is 2. The van der Waals surface area contributed by atoms with Gasteiger partial charge in [0.05, 0.1) is 11.3 Å². The summed E-state index contributed by atoms with van der Waals surface area (Å²) in [7, 11) is 0. The normalized spacial score (nSPS) is 20.4. The van der Waals surface area contributed by atoms with Crippen molar-refractivity contribution in [2.75, 3.05) is 12.1 Å². The van der Waals surface area contributed by atoms with Crippen LogP contribution in [0.2, 0.25) is 5.28 Å². The van der Waals surface area contributed by atoms with Crippen molar-refractivity contribution in [3.05, 3.63) is 44.7 Å². The molecule has 0 amide bonds. The number of anilines is 1. The van der Waals surface area contributed by atoms with Crippen LogP contribution in [0.3, 0.4) is 0 Å². The molecule has 0 aliphatic carbocycles. The van der Waals surface area contributed by atoms with Crippen LogP contribution in [0.1, 0.15) is 11.1 Å². The molecule has 3 heterocycles. The fourth-order valence-electron chi connectivity index (χ4n) is 2.57. The number of ether oxygens (including phenoxy) is 2. The van der Waals surface area contributed by atoms with Crippen LogP contribution in [-0.4, -0.2) is 26.0 Å². The van der Waals surface area contributed by atoms with Gasteiger partial charge in [-0.15, -0.1) is 0 Å². The Balaban J connectivity index is 1.57. The number of benzene rings is 1. The monoisotopic (exact) mass is 400 g/mol. The van der Waals surface area contributed by atoms with Gasteiger partial charge >= 0.3 is 4.33 Å². The number of hydrogen-bond donors (Lipinski definition) is 1. The zero-order valence-corrected chi connectivity index (χ0v) is 14.8. The van der Waals surface area contributed by atoms with E-state index in [0.717, 1.165) is 17.3 Å². The smallest absolute Gasteiger partial charge is 0.351 e. The van der Waals surface area contributed by atoms with Crippen molar-refractivity contribution in [3.63, 3.8) is 0 Å². The summed E-state index contributed by atoms with van der Waals surface area (Å²) < 4.78 is 8.94. The van der Waals surface area contributed by atoms with E-state index in [1.54, 1.807) is 0 Å². The second-order valence-electron chi connectivity index (χ2n) is 5.39. The Morgan fingerprint density at radius 3 is 2.96 bits per heavy atom. The molecule has 0 saturated heterocycles. The first-order chi connectivity index (χ1) is 11.9. The lowest BCUT2D eigenvalue weighted by Crippen LogP contribution is -2.26. The van der Waals surface area contributed by atoms with Crippen LogP contribution < -0.4 is 14.8 Å². The average Bonchev–Trinajstić information content (AvgIpc) is 3.16. The van der Waals surface area contributed by atoms with Crippen LogP contribution in [0.15, 0.2) is 23.2 Å². The quantitative estimate of drug-likeness (QED) is 0.208. The molecule has 1 unspecified atom stereocenters. The topological polar surface area (TPSA) is 99.4 Å². The fraction of sp³-hybridized carbons (Fsp3) is 0.286. The molecule has 2 aromatic rings. The SMILES string of the molecule is O=[N+]([O-])C1(Cl)Cc2c(NCc3ccc4c(c3)OCO4)nc(Cl)nc2S1. The first kappa shape index (κ1) is 16.5. The van der Waals surface area contributed by atoms with Gasteiger partial charge in [-0.05, 0) is 52.7 Å². The molecule has 0 spiro atoms. The van der Waals surface area contributed by atoms with Crippen LogP contribution in [0.25, 0.3) is 0 Å². The summed E-state index contributed by atoms with van der Waals surface area (Å²) in [5, 5.41) is 14.8. The largest absolute Gasteiger partial charge is 0.454 e. The molecule has 1 aromatic heterocycles. The maximum atomic E-state index is 11.2. The molecule has 1 atom stereocenters. The standard InChI is InChI=1S/C14H10Cl2N4O4S/c15-13-18-11(8-4-14(16,20(21)22)25-12(8)19-13)17-5-7-1-2-9-10(3-7)24-6-23-9/h1-3H,4-6H2,(H,17,18,19). The Bertz CT molecular complexity index is 884. The van der Waals surface area contributed by atoms with E-state index < -0.39 is 9.25 Å². The second-order valence-corrected chi connectivity index (χ2v) is 7.84. The summed E-state index contributed by atoms with van der Waals surface area (Å²) in [4.78, 5) is 18.9. The third kappa shape index (κ3) is 3.03. The Morgan fingerprint density at radius 2 is 2.16 bits per heavy atom. The minimum Gasteiger partial charge on any atom is -0.454 e. The highest BCUT2D eigenvalue weighted by Gasteiger charge is 2.50. The molecule has 0 radical (unpaired) electrons. The van der Waals surface area contributed by atoms with Crippen LogP contribution >= 0.6 is 35.0 Å². The zero-order valence-electron chi connectivity index (χ0n) is 12.5. The minimum atomic E-state index is -1.68. The maximum Gasteiger partial charge on any atom is 0.351 e. The van der Waals surface area contributed by atoms with E-state index in [0.29, 0.717) is 34.5 Å². The summed E-state index contributed by atoms with van der Waals surface area (Å²) in [5.41, 5.74) is 1.52. The van der Waals surface area contributed by atoms with Crippen molar-refractivity contribution in [1.29, 1.82) is 0 Å². The minimum absolute atomic E-state index is 0.00218. The van der Waals surface area contributed by atoms with Gasteiger partial charge in [0.1, 0.15) is 10.8 Å². The first-order valence-corrected chi connectivity index (χ1v) is 8.73. The number of nitrogens with zero attached hydrogens (tertiary/aromatic N) is 3. The first-order valence-electron chi connectivity index (χ1n) is 7.16. The molecule has 2 aliphatic heterocycles. The number of hydrogen-bond acceptors (Lipinski definition) is 8. The van der Waals surface area contributed by atoms with Gasteiger partial charge in [-0.3, -0.25) is 10.1 Å². The van der Waals surface area contributed by atoms with Gasteiger partial charge in [0.2, 0.25) is 12.1 Å². The molecule has 1 N–H and O–H groups in total. The Kier molecular flexibility index (Phi) is 4.01. The van der Waals surface area contributed by atoms with E-state index in [2.05, 4.69) is 15.3 Å². The Morgan fingerprint density at radius 1 is 1.36 bits per heavy atom. The summed E-state index contributed by atoms with van der Waals surface area (Å²) in [6, 6.07) is 5.57. The molecule has 0 saturated carbocycles. The molecule has 4 rings (SSSR count). The van der Waals surface area contributed by atoms with E-state index in [4.69, 9.17) is 32.7 Å².